The molecule has 0 spiro atoms. The predicted octanol–water partition coefficient (Wildman–Crippen LogP) is 5.08. The van der Waals surface area contributed by atoms with Gasteiger partial charge in [0.1, 0.15) is 5.75 Å². The molecule has 0 aromatic heterocycles. The molecular weight excluding hydrogens is 468 g/mol. The van der Waals surface area contributed by atoms with E-state index >= 15 is 0 Å². The molecule has 8 heteroatoms. The molecule has 3 rings (SSSR count). The lowest BCUT2D eigenvalue weighted by Gasteiger charge is -2.14. The largest absolute Gasteiger partial charge is 0.484 e. The Labute approximate surface area is 184 Å². The zero-order chi connectivity index (χ0) is 21.7. The summed E-state index contributed by atoms with van der Waals surface area (Å²) in [6, 6.07) is 16.6. The first-order valence-corrected chi connectivity index (χ1v) is 11.9. The second kappa shape index (κ2) is 9.49. The number of halogens is 1. The SMILES string of the molecule is CCCS(=O)(=O)Nc1cccc(NC(=O)COc2ccc3cc(Br)ccc3c2)c1C. The predicted molar refractivity (Wildman–Crippen MR) is 125 cm³/mol. The van der Waals surface area contributed by atoms with E-state index in [2.05, 4.69) is 26.0 Å². The van der Waals surface area contributed by atoms with Crippen molar-refractivity contribution in [2.75, 3.05) is 22.4 Å². The maximum Gasteiger partial charge on any atom is 0.262 e. The molecule has 3 aromatic carbocycles. The van der Waals surface area contributed by atoms with Crippen LogP contribution in [0.3, 0.4) is 0 Å². The second-order valence-corrected chi connectivity index (χ2v) is 9.65. The Hall–Kier alpha value is -2.58. The summed E-state index contributed by atoms with van der Waals surface area (Å²) in [6.07, 6.45) is 0.522. The molecule has 2 N–H and O–H groups in total. The molecule has 0 atom stereocenters. The molecule has 0 unspecified atom stereocenters. The molecule has 0 bridgehead atoms. The van der Waals surface area contributed by atoms with Crippen LogP contribution in [0.25, 0.3) is 10.8 Å². The first-order chi connectivity index (χ1) is 14.3. The average molecular weight is 491 g/mol. The van der Waals surface area contributed by atoms with E-state index in [-0.39, 0.29) is 18.3 Å². The highest BCUT2D eigenvalue weighted by Gasteiger charge is 2.13. The zero-order valence-corrected chi connectivity index (χ0v) is 19.1. The van der Waals surface area contributed by atoms with Crippen LogP contribution >= 0.6 is 15.9 Å². The molecule has 158 valence electrons. The van der Waals surface area contributed by atoms with E-state index in [9.17, 15) is 13.2 Å². The molecule has 6 nitrogen and oxygen atoms in total. The van der Waals surface area contributed by atoms with Gasteiger partial charge in [-0.15, -0.1) is 0 Å². The lowest BCUT2D eigenvalue weighted by molar-refractivity contribution is -0.118. The van der Waals surface area contributed by atoms with E-state index < -0.39 is 10.0 Å². The maximum atomic E-state index is 12.4. The Bertz CT molecular complexity index is 1180. The van der Waals surface area contributed by atoms with Gasteiger partial charge in [0, 0.05) is 10.2 Å². The number of hydrogen-bond donors (Lipinski definition) is 2. The molecule has 0 aliphatic rings. The number of benzene rings is 3. The number of sulfonamides is 1. The molecule has 0 radical (unpaired) electrons. The number of nitrogens with one attached hydrogen (secondary N) is 2. The summed E-state index contributed by atoms with van der Waals surface area (Å²) in [6.45, 7) is 3.40. The molecule has 0 fully saturated rings. The highest BCUT2D eigenvalue weighted by Crippen LogP contribution is 2.26. The normalized spacial score (nSPS) is 11.3. The monoisotopic (exact) mass is 490 g/mol. The number of carbonyl (C=O) groups is 1. The van der Waals surface area contributed by atoms with E-state index in [1.165, 1.54) is 0 Å². The highest BCUT2D eigenvalue weighted by molar-refractivity contribution is 9.10. The molecule has 0 aliphatic carbocycles. The van der Waals surface area contributed by atoms with Gasteiger partial charge in [-0.1, -0.05) is 41.1 Å². The Morgan fingerprint density at radius 2 is 1.73 bits per heavy atom. The number of carbonyl (C=O) groups excluding carboxylic acids is 1. The summed E-state index contributed by atoms with van der Waals surface area (Å²) < 4.78 is 33.3. The van der Waals surface area contributed by atoms with E-state index in [0.29, 0.717) is 29.1 Å². The lowest BCUT2D eigenvalue weighted by atomic mass is 10.1. The maximum absolute atomic E-state index is 12.4. The van der Waals surface area contributed by atoms with Gasteiger partial charge in [-0.3, -0.25) is 9.52 Å². The summed E-state index contributed by atoms with van der Waals surface area (Å²) in [5, 5.41) is 4.86. The summed E-state index contributed by atoms with van der Waals surface area (Å²) >= 11 is 3.44. The highest BCUT2D eigenvalue weighted by atomic mass is 79.9. The lowest BCUT2D eigenvalue weighted by Crippen LogP contribution is -2.21. The Kier molecular flexibility index (Phi) is 6.99. The van der Waals surface area contributed by atoms with E-state index in [0.717, 1.165) is 15.2 Å². The quantitative estimate of drug-likeness (QED) is 0.460. The molecule has 0 saturated carbocycles. The number of ether oxygens (including phenoxy) is 1. The van der Waals surface area contributed by atoms with Gasteiger partial charge in [0.15, 0.2) is 6.61 Å². The van der Waals surface area contributed by atoms with Crippen LogP contribution in [0.1, 0.15) is 18.9 Å². The van der Waals surface area contributed by atoms with Gasteiger partial charge in [0.2, 0.25) is 10.0 Å². The van der Waals surface area contributed by atoms with E-state index in [1.807, 2.05) is 36.4 Å². The van der Waals surface area contributed by atoms with Crippen LogP contribution < -0.4 is 14.8 Å². The summed E-state index contributed by atoms with van der Waals surface area (Å²) in [5.74, 6) is 0.305. The van der Waals surface area contributed by atoms with Crippen LogP contribution in [0, 0.1) is 6.92 Å². The number of amides is 1. The van der Waals surface area contributed by atoms with E-state index in [4.69, 9.17) is 4.74 Å². The number of hydrogen-bond acceptors (Lipinski definition) is 4. The fourth-order valence-electron chi connectivity index (χ4n) is 2.99. The van der Waals surface area contributed by atoms with Gasteiger partial charge < -0.3 is 10.1 Å². The van der Waals surface area contributed by atoms with Crippen molar-refractivity contribution in [1.82, 2.24) is 0 Å². The van der Waals surface area contributed by atoms with Crippen molar-refractivity contribution in [3.8, 4) is 5.75 Å². The Morgan fingerprint density at radius 3 is 2.50 bits per heavy atom. The van der Waals surface area contributed by atoms with Gasteiger partial charge in [0.25, 0.3) is 5.91 Å². The van der Waals surface area contributed by atoms with Crippen molar-refractivity contribution in [3.63, 3.8) is 0 Å². The third kappa shape index (κ3) is 5.73. The van der Waals surface area contributed by atoms with Crippen LogP contribution in [-0.4, -0.2) is 26.7 Å². The third-order valence-electron chi connectivity index (χ3n) is 4.49. The molecule has 30 heavy (non-hydrogen) atoms. The van der Waals surface area contributed by atoms with Crippen molar-refractivity contribution in [2.45, 2.75) is 20.3 Å². The van der Waals surface area contributed by atoms with Crippen LogP contribution in [-0.2, 0) is 14.8 Å². The van der Waals surface area contributed by atoms with Crippen LogP contribution in [0.5, 0.6) is 5.75 Å². The van der Waals surface area contributed by atoms with Crippen molar-refractivity contribution in [1.29, 1.82) is 0 Å². The average Bonchev–Trinajstić information content (AvgIpc) is 2.69. The molecule has 0 saturated heterocycles. The van der Waals surface area contributed by atoms with Gasteiger partial charge in [-0.2, -0.15) is 0 Å². The molecule has 3 aromatic rings. The Morgan fingerprint density at radius 1 is 1.03 bits per heavy atom. The zero-order valence-electron chi connectivity index (χ0n) is 16.7. The fraction of sp³-hybridized carbons (Fsp3) is 0.227. The summed E-state index contributed by atoms with van der Waals surface area (Å²) in [4.78, 5) is 12.4. The molecule has 0 aliphatic heterocycles. The van der Waals surface area contributed by atoms with Crippen molar-refractivity contribution in [3.05, 3.63) is 64.6 Å². The minimum absolute atomic E-state index is 0.0412. The number of anilines is 2. The van der Waals surface area contributed by atoms with Crippen molar-refractivity contribution < 1.29 is 17.9 Å². The van der Waals surface area contributed by atoms with E-state index in [1.54, 1.807) is 32.0 Å². The Balaban J connectivity index is 1.65. The summed E-state index contributed by atoms with van der Waals surface area (Å²) in [5.41, 5.74) is 1.62. The smallest absolute Gasteiger partial charge is 0.262 e. The van der Waals surface area contributed by atoms with Gasteiger partial charge in [-0.05, 0) is 66.1 Å². The van der Waals surface area contributed by atoms with Crippen LogP contribution in [0.4, 0.5) is 11.4 Å². The van der Waals surface area contributed by atoms with Gasteiger partial charge >= 0.3 is 0 Å². The first kappa shape index (κ1) is 22.1. The van der Waals surface area contributed by atoms with Crippen LogP contribution in [0.2, 0.25) is 0 Å². The standard InChI is InChI=1S/C22H23BrN2O4S/c1-3-11-30(27,28)25-21-6-4-5-20(15(21)2)24-22(26)14-29-19-10-8-16-12-18(23)9-7-17(16)13-19/h4-10,12-13,25H,3,11,14H2,1-2H3,(H,24,26). The molecule has 0 heterocycles. The number of fused-ring (bicyclic) bond motifs is 1. The second-order valence-electron chi connectivity index (χ2n) is 6.89. The van der Waals surface area contributed by atoms with Crippen molar-refractivity contribution >= 4 is 54.0 Å². The minimum Gasteiger partial charge on any atom is -0.484 e. The number of rotatable bonds is 8. The molecule has 1 amide bonds. The van der Waals surface area contributed by atoms with Crippen molar-refractivity contribution in [2.24, 2.45) is 0 Å². The first-order valence-electron chi connectivity index (χ1n) is 9.49. The van der Waals surface area contributed by atoms with Gasteiger partial charge in [-0.25, -0.2) is 8.42 Å². The van der Waals surface area contributed by atoms with Gasteiger partial charge in [0.05, 0.1) is 11.4 Å². The van der Waals surface area contributed by atoms with Crippen LogP contribution in [0.15, 0.2) is 59.1 Å². The third-order valence-corrected chi connectivity index (χ3v) is 6.46. The summed E-state index contributed by atoms with van der Waals surface area (Å²) in [7, 11) is -3.41. The minimum atomic E-state index is -3.41. The topological polar surface area (TPSA) is 84.5 Å². The fourth-order valence-corrected chi connectivity index (χ4v) is 4.56. The molecular formula is C22H23BrN2O4S.